The number of hydrogen-bond donors (Lipinski definition) is 1. The first-order chi connectivity index (χ1) is 10.7. The molecule has 2 aromatic heterocycles. The van der Waals surface area contributed by atoms with Gasteiger partial charge in [0, 0.05) is 26.6 Å². The average molecular weight is 303 g/mol. The Balaban J connectivity index is 2.13. The SMILES string of the molecule is C=C/C=C\c1c(C)sc2c1ccc1c3cc(C)ccc3[nH]c12. The molecule has 4 aromatic rings. The monoisotopic (exact) mass is 303 g/mol. The van der Waals surface area contributed by atoms with Gasteiger partial charge in [0.05, 0.1) is 10.2 Å². The lowest BCUT2D eigenvalue weighted by Crippen LogP contribution is -1.73. The number of aromatic amines is 1. The van der Waals surface area contributed by atoms with Crippen LogP contribution in [0.25, 0.3) is 38.0 Å². The number of allylic oxidation sites excluding steroid dienone is 2. The fraction of sp³-hybridized carbons (Fsp3) is 0.100. The van der Waals surface area contributed by atoms with E-state index in [0.29, 0.717) is 0 Å². The summed E-state index contributed by atoms with van der Waals surface area (Å²) in [6.07, 6.45) is 5.99. The van der Waals surface area contributed by atoms with E-state index in [0.717, 1.165) is 0 Å². The molecule has 2 heterocycles. The number of hydrogen-bond acceptors (Lipinski definition) is 1. The molecule has 0 aliphatic heterocycles. The van der Waals surface area contributed by atoms with Crippen molar-refractivity contribution in [1.82, 2.24) is 4.98 Å². The number of fused-ring (bicyclic) bond motifs is 5. The van der Waals surface area contributed by atoms with Crippen molar-refractivity contribution in [3.8, 4) is 0 Å². The Labute approximate surface area is 133 Å². The van der Waals surface area contributed by atoms with Crippen LogP contribution in [0.3, 0.4) is 0 Å². The highest BCUT2D eigenvalue weighted by Crippen LogP contribution is 2.39. The molecular formula is C20H17NS. The third-order valence-electron chi connectivity index (χ3n) is 4.21. The number of nitrogens with one attached hydrogen (secondary N) is 1. The molecule has 2 heteroatoms. The third-order valence-corrected chi connectivity index (χ3v) is 5.36. The van der Waals surface area contributed by atoms with Crippen LogP contribution in [0.1, 0.15) is 16.0 Å². The lowest BCUT2D eigenvalue weighted by molar-refractivity contribution is 1.49. The fourth-order valence-corrected chi connectivity index (χ4v) is 4.29. The van der Waals surface area contributed by atoms with E-state index in [-0.39, 0.29) is 0 Å². The summed E-state index contributed by atoms with van der Waals surface area (Å²) < 4.78 is 1.34. The molecule has 1 N–H and O–H groups in total. The molecule has 0 radical (unpaired) electrons. The van der Waals surface area contributed by atoms with Crippen molar-refractivity contribution < 1.29 is 0 Å². The molecule has 0 saturated carbocycles. The van der Waals surface area contributed by atoms with E-state index in [1.807, 2.05) is 23.5 Å². The third kappa shape index (κ3) is 1.84. The van der Waals surface area contributed by atoms with E-state index in [2.05, 4.69) is 61.8 Å². The van der Waals surface area contributed by atoms with E-state index in [9.17, 15) is 0 Å². The van der Waals surface area contributed by atoms with Gasteiger partial charge >= 0.3 is 0 Å². The number of aromatic nitrogens is 1. The van der Waals surface area contributed by atoms with Crippen molar-refractivity contribution in [2.24, 2.45) is 0 Å². The van der Waals surface area contributed by atoms with Gasteiger partial charge in [-0.3, -0.25) is 0 Å². The average Bonchev–Trinajstić information content (AvgIpc) is 3.02. The first-order valence-electron chi connectivity index (χ1n) is 7.42. The van der Waals surface area contributed by atoms with E-state index >= 15 is 0 Å². The van der Waals surface area contributed by atoms with Gasteiger partial charge in [-0.1, -0.05) is 48.6 Å². The van der Waals surface area contributed by atoms with Gasteiger partial charge in [0.25, 0.3) is 0 Å². The molecule has 108 valence electrons. The van der Waals surface area contributed by atoms with Crippen molar-refractivity contribution in [2.75, 3.05) is 0 Å². The van der Waals surface area contributed by atoms with Gasteiger partial charge in [-0.05, 0) is 31.5 Å². The topological polar surface area (TPSA) is 15.8 Å². The Morgan fingerprint density at radius 1 is 1.05 bits per heavy atom. The molecule has 0 amide bonds. The molecular weight excluding hydrogens is 286 g/mol. The second-order valence-corrected chi connectivity index (χ2v) is 6.93. The molecule has 0 unspecified atom stereocenters. The van der Waals surface area contributed by atoms with Crippen LogP contribution in [0.5, 0.6) is 0 Å². The normalized spacial score (nSPS) is 12.1. The lowest BCUT2D eigenvalue weighted by atomic mass is 10.1. The maximum absolute atomic E-state index is 3.77. The summed E-state index contributed by atoms with van der Waals surface area (Å²) in [5, 5.41) is 3.94. The maximum atomic E-state index is 3.77. The summed E-state index contributed by atoms with van der Waals surface area (Å²) in [6, 6.07) is 11.1. The highest BCUT2D eigenvalue weighted by Gasteiger charge is 2.13. The van der Waals surface area contributed by atoms with Crippen molar-refractivity contribution >= 4 is 49.3 Å². The smallest absolute Gasteiger partial charge is 0.0646 e. The number of aryl methyl sites for hydroxylation is 2. The molecule has 2 aromatic carbocycles. The highest BCUT2D eigenvalue weighted by atomic mass is 32.1. The van der Waals surface area contributed by atoms with E-state index in [1.165, 1.54) is 47.9 Å². The van der Waals surface area contributed by atoms with Gasteiger partial charge in [-0.15, -0.1) is 11.3 Å². The Kier molecular flexibility index (Phi) is 2.95. The Morgan fingerprint density at radius 2 is 1.86 bits per heavy atom. The molecule has 1 nitrogen and oxygen atoms in total. The molecule has 4 rings (SSSR count). The zero-order valence-corrected chi connectivity index (χ0v) is 13.6. The Hall–Kier alpha value is -2.32. The van der Waals surface area contributed by atoms with Gasteiger partial charge in [0.15, 0.2) is 0 Å². The number of H-pyrrole nitrogens is 1. The first kappa shape index (κ1) is 13.4. The largest absolute Gasteiger partial charge is 0.353 e. The van der Waals surface area contributed by atoms with Gasteiger partial charge in [0.2, 0.25) is 0 Å². The van der Waals surface area contributed by atoms with Crippen LogP contribution < -0.4 is 0 Å². The standard InChI is InChI=1S/C20H17NS/c1-4-5-6-14-13(3)22-20-16(14)9-8-15-17-11-12(2)7-10-18(17)21-19(15)20/h4-11,21H,1H2,2-3H3/b6-5-. The number of thiophene rings is 1. The minimum absolute atomic E-state index is 1.21. The summed E-state index contributed by atoms with van der Waals surface area (Å²) in [7, 11) is 0. The quantitative estimate of drug-likeness (QED) is 0.415. The Bertz CT molecular complexity index is 1060. The molecule has 0 spiro atoms. The van der Waals surface area contributed by atoms with Crippen LogP contribution in [0, 0.1) is 13.8 Å². The predicted molar refractivity (Wildman–Crippen MR) is 99.9 cm³/mol. The fourth-order valence-electron chi connectivity index (χ4n) is 3.14. The van der Waals surface area contributed by atoms with Crippen LogP contribution in [0.4, 0.5) is 0 Å². The minimum atomic E-state index is 1.21. The molecule has 0 saturated heterocycles. The zero-order valence-electron chi connectivity index (χ0n) is 12.7. The van der Waals surface area contributed by atoms with Crippen LogP contribution in [0.15, 0.2) is 49.1 Å². The molecule has 0 aliphatic rings. The molecule has 22 heavy (non-hydrogen) atoms. The van der Waals surface area contributed by atoms with Crippen molar-refractivity contribution in [1.29, 1.82) is 0 Å². The minimum Gasteiger partial charge on any atom is -0.353 e. The second kappa shape index (κ2) is 4.85. The van der Waals surface area contributed by atoms with E-state index < -0.39 is 0 Å². The van der Waals surface area contributed by atoms with Gasteiger partial charge in [-0.2, -0.15) is 0 Å². The molecule has 0 aliphatic carbocycles. The summed E-state index contributed by atoms with van der Waals surface area (Å²) in [4.78, 5) is 4.95. The number of rotatable bonds is 2. The maximum Gasteiger partial charge on any atom is 0.0646 e. The summed E-state index contributed by atoms with van der Waals surface area (Å²) in [5.74, 6) is 0. The van der Waals surface area contributed by atoms with Gasteiger partial charge < -0.3 is 4.98 Å². The second-order valence-electron chi connectivity index (χ2n) is 5.71. The molecule has 0 fully saturated rings. The van der Waals surface area contributed by atoms with Crippen LogP contribution in [-0.2, 0) is 0 Å². The van der Waals surface area contributed by atoms with Crippen molar-refractivity contribution in [3.63, 3.8) is 0 Å². The summed E-state index contributed by atoms with van der Waals surface area (Å²) >= 11 is 1.86. The summed E-state index contributed by atoms with van der Waals surface area (Å²) in [5.41, 5.74) is 5.06. The van der Waals surface area contributed by atoms with Crippen molar-refractivity contribution in [2.45, 2.75) is 13.8 Å². The van der Waals surface area contributed by atoms with E-state index in [4.69, 9.17) is 0 Å². The Morgan fingerprint density at radius 3 is 2.68 bits per heavy atom. The lowest BCUT2D eigenvalue weighted by Gasteiger charge is -1.96. The van der Waals surface area contributed by atoms with Crippen LogP contribution in [0.2, 0.25) is 0 Å². The zero-order chi connectivity index (χ0) is 15.3. The highest BCUT2D eigenvalue weighted by molar-refractivity contribution is 7.20. The number of benzene rings is 2. The van der Waals surface area contributed by atoms with Gasteiger partial charge in [0.1, 0.15) is 0 Å². The molecule has 0 atom stereocenters. The van der Waals surface area contributed by atoms with Crippen molar-refractivity contribution in [3.05, 3.63) is 65.1 Å². The van der Waals surface area contributed by atoms with Crippen LogP contribution >= 0.6 is 11.3 Å². The van der Waals surface area contributed by atoms with Crippen LogP contribution in [-0.4, -0.2) is 4.98 Å². The summed E-state index contributed by atoms with van der Waals surface area (Å²) in [6.45, 7) is 8.10. The first-order valence-corrected chi connectivity index (χ1v) is 8.24. The van der Waals surface area contributed by atoms with E-state index in [1.54, 1.807) is 0 Å². The van der Waals surface area contributed by atoms with Gasteiger partial charge in [-0.25, -0.2) is 0 Å². The predicted octanol–water partition coefficient (Wildman–Crippen LogP) is 6.35. The molecule has 0 bridgehead atoms.